The molecule has 1 unspecified atom stereocenters. The van der Waals surface area contributed by atoms with Gasteiger partial charge < -0.3 is 18.8 Å². The summed E-state index contributed by atoms with van der Waals surface area (Å²) < 4.78 is 90.6. The van der Waals surface area contributed by atoms with E-state index in [4.69, 9.17) is 16.3 Å². The van der Waals surface area contributed by atoms with Crippen LogP contribution in [0.25, 0.3) is 11.0 Å². The Bertz CT molecular complexity index is 1080. The Morgan fingerprint density at radius 3 is 2.96 bits per heavy atom. The molecule has 0 amide bonds. The number of H-pyrrole nitrogens is 1. The van der Waals surface area contributed by atoms with Gasteiger partial charge in [-0.05, 0) is 12.1 Å². The van der Waals surface area contributed by atoms with E-state index >= 15 is 0 Å². The number of aromatic amines is 1. The Hall–Kier alpha value is -2.59. The average Bonchev–Trinajstić information content (AvgIpc) is 3.08. The summed E-state index contributed by atoms with van der Waals surface area (Å²) in [7, 11) is -1.74. The van der Waals surface area contributed by atoms with Crippen molar-refractivity contribution in [2.45, 2.75) is 17.5 Å². The van der Waals surface area contributed by atoms with Gasteiger partial charge in [-0.3, -0.25) is 9.97 Å². The predicted molar refractivity (Wildman–Crippen MR) is 90.2 cm³/mol. The van der Waals surface area contributed by atoms with Crippen LogP contribution >= 0.6 is 0 Å². The molecule has 7 nitrogen and oxygen atoms in total. The van der Waals surface area contributed by atoms with E-state index in [1.807, 2.05) is 0 Å². The summed E-state index contributed by atoms with van der Waals surface area (Å²) in [6.07, 6.45) is 1.14. The highest BCUT2D eigenvalue weighted by Gasteiger charge is 2.22. The SMILES string of the molecule is [2H]C([2H])([2H])Oc1c(OC)ccnc1C([2H])([2H])[S+]([O-])c1nc2ccc(OC(F)F)cc2[nH]1. The van der Waals surface area contributed by atoms with Gasteiger partial charge >= 0.3 is 11.8 Å². The fourth-order valence-corrected chi connectivity index (χ4v) is 2.93. The van der Waals surface area contributed by atoms with Gasteiger partial charge in [-0.1, -0.05) is 0 Å². The molecule has 0 radical (unpaired) electrons. The van der Waals surface area contributed by atoms with Crippen LogP contribution in [0.1, 0.15) is 12.5 Å². The fraction of sp³-hybridized carbons (Fsp3) is 0.250. The lowest BCUT2D eigenvalue weighted by Crippen LogP contribution is -2.10. The molecular formula is C16H15F2N3O4S. The number of nitrogens with zero attached hydrogens (tertiary/aromatic N) is 2. The number of hydrogen-bond acceptors (Lipinski definition) is 6. The standard InChI is InChI=1S/C16H15F2N3O4S/c1-23-13-5-6-19-12(14(13)24-2)8-26(22)16-20-10-4-3-9(25-15(17)18)7-11(10)21-16/h3-7,15H,8H2,1-2H3,(H,20,21)/i2D3,8D2. The number of ether oxygens (including phenoxy) is 3. The summed E-state index contributed by atoms with van der Waals surface area (Å²) in [6.45, 7) is -3.04. The van der Waals surface area contributed by atoms with Gasteiger partial charge in [0.1, 0.15) is 11.4 Å². The molecule has 0 aliphatic rings. The minimum Gasteiger partial charge on any atom is -0.609 e. The van der Waals surface area contributed by atoms with Crippen LogP contribution in [0, 0.1) is 0 Å². The van der Waals surface area contributed by atoms with E-state index in [9.17, 15) is 13.3 Å². The first-order valence-corrected chi connectivity index (χ1v) is 8.16. The van der Waals surface area contributed by atoms with Crippen LogP contribution in [-0.2, 0) is 16.9 Å². The van der Waals surface area contributed by atoms with Gasteiger partial charge in [0.2, 0.25) is 0 Å². The molecule has 0 fully saturated rings. The summed E-state index contributed by atoms with van der Waals surface area (Å²) in [4.78, 5) is 10.4. The Balaban J connectivity index is 2.02. The molecule has 0 aliphatic heterocycles. The minimum atomic E-state index is -3.04. The number of aromatic nitrogens is 3. The lowest BCUT2D eigenvalue weighted by atomic mass is 10.3. The van der Waals surface area contributed by atoms with E-state index in [2.05, 4.69) is 19.7 Å². The third-order valence-corrected chi connectivity index (χ3v) is 4.14. The Labute approximate surface area is 157 Å². The molecule has 0 saturated heterocycles. The summed E-state index contributed by atoms with van der Waals surface area (Å²) in [5, 5.41) is -0.335. The van der Waals surface area contributed by atoms with E-state index in [-0.39, 0.29) is 27.7 Å². The summed E-state index contributed by atoms with van der Waals surface area (Å²) in [5.41, 5.74) is -2.96. The maximum absolute atomic E-state index is 13.0. The number of methoxy groups -OCH3 is 2. The van der Waals surface area contributed by atoms with Crippen molar-refractivity contribution in [1.29, 1.82) is 0 Å². The van der Waals surface area contributed by atoms with Gasteiger partial charge in [-0.2, -0.15) is 13.8 Å². The van der Waals surface area contributed by atoms with E-state index in [1.54, 1.807) is 0 Å². The fourth-order valence-electron chi connectivity index (χ4n) is 2.13. The number of rotatable bonds is 7. The molecule has 3 aromatic rings. The second-order valence-corrected chi connectivity index (χ2v) is 5.89. The smallest absolute Gasteiger partial charge is 0.387 e. The average molecular weight is 388 g/mol. The maximum Gasteiger partial charge on any atom is 0.387 e. The molecule has 10 heteroatoms. The van der Waals surface area contributed by atoms with E-state index in [0.717, 1.165) is 6.20 Å². The minimum absolute atomic E-state index is 0.125. The first-order chi connectivity index (χ1) is 14.4. The molecule has 1 aromatic carbocycles. The Kier molecular flexibility index (Phi) is 3.79. The van der Waals surface area contributed by atoms with Crippen molar-refractivity contribution in [3.05, 3.63) is 36.2 Å². The quantitative estimate of drug-likeness (QED) is 0.626. The van der Waals surface area contributed by atoms with Crippen LogP contribution < -0.4 is 14.2 Å². The highest BCUT2D eigenvalue weighted by molar-refractivity contribution is 7.90. The van der Waals surface area contributed by atoms with Gasteiger partial charge in [0.25, 0.3) is 0 Å². The number of pyridine rings is 1. The van der Waals surface area contributed by atoms with Crippen LogP contribution in [0.2, 0.25) is 0 Å². The normalized spacial score (nSPS) is 16.3. The van der Waals surface area contributed by atoms with Crippen molar-refractivity contribution >= 4 is 22.2 Å². The largest absolute Gasteiger partial charge is 0.609 e. The first kappa shape index (κ1) is 12.7. The van der Waals surface area contributed by atoms with Crippen LogP contribution in [0.15, 0.2) is 35.6 Å². The summed E-state index contributed by atoms with van der Waals surface area (Å²) in [5.74, 6) is -0.832. The second kappa shape index (κ2) is 7.75. The lowest BCUT2D eigenvalue weighted by Gasteiger charge is -2.12. The van der Waals surface area contributed by atoms with Crippen LogP contribution in [-0.4, -0.2) is 40.3 Å². The zero-order chi connectivity index (χ0) is 23.0. The van der Waals surface area contributed by atoms with Crippen LogP contribution in [0.4, 0.5) is 8.78 Å². The topological polar surface area (TPSA) is 92.3 Å². The third-order valence-electron chi connectivity index (χ3n) is 3.21. The molecule has 3 rings (SSSR count). The Morgan fingerprint density at radius 1 is 1.38 bits per heavy atom. The number of fused-ring (bicyclic) bond motifs is 1. The maximum atomic E-state index is 13.0. The number of benzene rings is 1. The number of alkyl halides is 2. The second-order valence-electron chi connectivity index (χ2n) is 4.76. The van der Waals surface area contributed by atoms with Crippen molar-refractivity contribution in [1.82, 2.24) is 15.0 Å². The highest BCUT2D eigenvalue weighted by atomic mass is 32.2. The van der Waals surface area contributed by atoms with Crippen molar-refractivity contribution in [3.63, 3.8) is 0 Å². The summed E-state index contributed by atoms with van der Waals surface area (Å²) >= 11 is -2.55. The highest BCUT2D eigenvalue weighted by Crippen LogP contribution is 2.31. The molecule has 0 spiro atoms. The molecule has 0 saturated carbocycles. The van der Waals surface area contributed by atoms with Gasteiger partial charge in [-0.25, -0.2) is 0 Å². The van der Waals surface area contributed by atoms with Crippen molar-refractivity contribution in [3.8, 4) is 17.2 Å². The number of imidazole rings is 1. The molecular weight excluding hydrogens is 368 g/mol. The van der Waals surface area contributed by atoms with Gasteiger partial charge in [0.05, 0.1) is 32.0 Å². The van der Waals surface area contributed by atoms with Crippen LogP contribution in [0.3, 0.4) is 0 Å². The molecule has 1 N–H and O–H groups in total. The monoisotopic (exact) mass is 388 g/mol. The van der Waals surface area contributed by atoms with Crippen molar-refractivity contribution in [2.75, 3.05) is 14.1 Å². The lowest BCUT2D eigenvalue weighted by molar-refractivity contribution is -0.0497. The number of halogens is 2. The first-order valence-electron chi connectivity index (χ1n) is 9.51. The van der Waals surface area contributed by atoms with Crippen molar-refractivity contribution < 1.29 is 34.4 Å². The predicted octanol–water partition coefficient (Wildman–Crippen LogP) is 2.88. The van der Waals surface area contributed by atoms with Crippen molar-refractivity contribution in [2.24, 2.45) is 0 Å². The van der Waals surface area contributed by atoms with Gasteiger partial charge in [0, 0.05) is 29.5 Å². The molecule has 138 valence electrons. The van der Waals surface area contributed by atoms with E-state index in [0.29, 0.717) is 0 Å². The molecule has 2 aromatic heterocycles. The van der Waals surface area contributed by atoms with Gasteiger partial charge in [0.15, 0.2) is 17.2 Å². The molecule has 2 heterocycles. The zero-order valence-electron chi connectivity index (χ0n) is 18.2. The number of hydrogen-bond donors (Lipinski definition) is 1. The third kappa shape index (κ3) is 3.81. The molecule has 0 bridgehead atoms. The molecule has 0 aliphatic carbocycles. The van der Waals surface area contributed by atoms with Gasteiger partial charge in [-0.15, -0.1) is 0 Å². The molecule has 26 heavy (non-hydrogen) atoms. The van der Waals surface area contributed by atoms with Crippen LogP contribution in [0.5, 0.6) is 17.2 Å². The van der Waals surface area contributed by atoms with E-state index in [1.165, 1.54) is 31.4 Å². The molecule has 1 atom stereocenters. The Morgan fingerprint density at radius 2 is 2.23 bits per heavy atom. The summed E-state index contributed by atoms with van der Waals surface area (Å²) in [6, 6.07) is 5.00. The number of nitrogens with one attached hydrogen (secondary N) is 1. The zero-order valence-corrected chi connectivity index (χ0v) is 14.0. The van der Waals surface area contributed by atoms with E-state index < -0.39 is 42.0 Å².